The van der Waals surface area contributed by atoms with Crippen LogP contribution in [0, 0.1) is 22.9 Å². The zero-order chi connectivity index (χ0) is 14.7. The zero-order valence-electron chi connectivity index (χ0n) is 10.9. The van der Waals surface area contributed by atoms with Gasteiger partial charge in [0.25, 0.3) is 5.69 Å². The molecule has 1 aliphatic rings. The van der Waals surface area contributed by atoms with E-state index in [2.05, 4.69) is 0 Å². The third-order valence-corrected chi connectivity index (χ3v) is 3.11. The van der Waals surface area contributed by atoms with E-state index < -0.39 is 22.3 Å². The monoisotopic (exact) mass is 283 g/mol. The van der Waals surface area contributed by atoms with Crippen LogP contribution in [0.5, 0.6) is 0 Å². The number of rotatable bonds is 3. The molecule has 0 spiro atoms. The molecule has 2 rings (SSSR count). The molecule has 6 nitrogen and oxygen atoms in total. The first kappa shape index (κ1) is 14.4. The van der Waals surface area contributed by atoms with Crippen LogP contribution in [-0.2, 0) is 9.47 Å². The predicted molar refractivity (Wildman–Crippen MR) is 67.0 cm³/mol. The van der Waals surface area contributed by atoms with Gasteiger partial charge in [-0.3, -0.25) is 10.1 Å². The second kappa shape index (κ2) is 5.96. The first-order valence-corrected chi connectivity index (χ1v) is 6.22. The second-order valence-corrected chi connectivity index (χ2v) is 4.60. The van der Waals surface area contributed by atoms with Gasteiger partial charge in [-0.05, 0) is 12.5 Å². The first-order valence-electron chi connectivity index (χ1n) is 6.22. The van der Waals surface area contributed by atoms with Crippen molar-refractivity contribution in [1.82, 2.24) is 0 Å². The number of halogens is 1. The average molecular weight is 283 g/mol. The molecule has 0 saturated carbocycles. The third kappa shape index (κ3) is 3.11. The molecule has 1 aromatic rings. The Balaban J connectivity index is 2.21. The van der Waals surface area contributed by atoms with Crippen LogP contribution < -0.4 is 0 Å². The molecule has 0 N–H and O–H groups in total. The molecule has 0 radical (unpaired) electrons. The number of carbonyl (C=O) groups is 1. The first-order chi connectivity index (χ1) is 9.49. The Morgan fingerprint density at radius 2 is 2.10 bits per heavy atom. The highest BCUT2D eigenvalue weighted by Gasteiger charge is 2.24. The largest absolute Gasteiger partial charge is 0.459 e. The maximum absolute atomic E-state index is 13.9. The quantitative estimate of drug-likeness (QED) is 0.483. The summed E-state index contributed by atoms with van der Waals surface area (Å²) < 4.78 is 24.2. The molecule has 0 unspecified atom stereocenters. The summed E-state index contributed by atoms with van der Waals surface area (Å²) in [6.45, 7) is 2.33. The van der Waals surface area contributed by atoms with Crippen molar-refractivity contribution in [2.45, 2.75) is 25.9 Å². The number of nitrogens with zero attached hydrogens (tertiary/aromatic N) is 1. The predicted octanol–water partition coefficient (Wildman–Crippen LogP) is 2.38. The van der Waals surface area contributed by atoms with Crippen molar-refractivity contribution in [3.63, 3.8) is 0 Å². The molecule has 108 valence electrons. The van der Waals surface area contributed by atoms with Gasteiger partial charge in [0.1, 0.15) is 17.5 Å². The smallest absolute Gasteiger partial charge is 0.341 e. The standard InChI is InChI=1S/C13H14FNO5/c1-8-6-9(15(17)18)7-11(12(8)14)13(16)20-10-2-4-19-5-3-10/h6-7,10H,2-5H2,1H3. The number of carbonyl (C=O) groups excluding carboxylic acids is 1. The molecule has 20 heavy (non-hydrogen) atoms. The van der Waals surface area contributed by atoms with Crippen LogP contribution in [0.4, 0.5) is 10.1 Å². The summed E-state index contributed by atoms with van der Waals surface area (Å²) in [7, 11) is 0. The van der Waals surface area contributed by atoms with Crippen molar-refractivity contribution in [1.29, 1.82) is 0 Å². The summed E-state index contributed by atoms with van der Waals surface area (Å²) >= 11 is 0. The number of ether oxygens (including phenoxy) is 2. The van der Waals surface area contributed by atoms with Crippen LogP contribution in [0.25, 0.3) is 0 Å². The minimum absolute atomic E-state index is 0.0399. The lowest BCUT2D eigenvalue weighted by atomic mass is 10.1. The van der Waals surface area contributed by atoms with Gasteiger partial charge in [0, 0.05) is 25.0 Å². The Hall–Kier alpha value is -2.02. The van der Waals surface area contributed by atoms with Crippen molar-refractivity contribution < 1.29 is 23.6 Å². The van der Waals surface area contributed by atoms with Crippen molar-refractivity contribution in [2.24, 2.45) is 0 Å². The van der Waals surface area contributed by atoms with Crippen molar-refractivity contribution in [3.8, 4) is 0 Å². The Morgan fingerprint density at radius 3 is 2.70 bits per heavy atom. The number of esters is 1. The maximum atomic E-state index is 13.9. The Bertz CT molecular complexity index is 540. The van der Waals surface area contributed by atoms with E-state index in [1.807, 2.05) is 0 Å². The van der Waals surface area contributed by atoms with Gasteiger partial charge in [-0.25, -0.2) is 9.18 Å². The van der Waals surface area contributed by atoms with Crippen molar-refractivity contribution >= 4 is 11.7 Å². The van der Waals surface area contributed by atoms with E-state index in [0.29, 0.717) is 26.1 Å². The van der Waals surface area contributed by atoms with E-state index in [1.54, 1.807) is 0 Å². The number of nitro benzene ring substituents is 1. The molecule has 0 amide bonds. The van der Waals surface area contributed by atoms with E-state index in [4.69, 9.17) is 9.47 Å². The van der Waals surface area contributed by atoms with Gasteiger partial charge in [-0.15, -0.1) is 0 Å². The number of nitro groups is 1. The van der Waals surface area contributed by atoms with Gasteiger partial charge in [0.2, 0.25) is 0 Å². The number of aryl methyl sites for hydroxylation is 1. The van der Waals surface area contributed by atoms with Gasteiger partial charge in [-0.1, -0.05) is 0 Å². The van der Waals surface area contributed by atoms with Crippen LogP contribution in [0.2, 0.25) is 0 Å². The molecule has 0 aliphatic carbocycles. The highest BCUT2D eigenvalue weighted by Crippen LogP contribution is 2.23. The normalized spacial score (nSPS) is 15.9. The molecule has 0 bridgehead atoms. The molecule has 1 fully saturated rings. The molecule has 1 heterocycles. The van der Waals surface area contributed by atoms with Crippen LogP contribution in [-0.4, -0.2) is 30.2 Å². The van der Waals surface area contributed by atoms with Gasteiger partial charge in [0.05, 0.1) is 18.1 Å². The third-order valence-electron chi connectivity index (χ3n) is 3.11. The van der Waals surface area contributed by atoms with E-state index in [-0.39, 0.29) is 17.4 Å². The molecule has 7 heteroatoms. The number of hydrogen-bond donors (Lipinski definition) is 0. The van der Waals surface area contributed by atoms with Crippen LogP contribution in [0.15, 0.2) is 12.1 Å². The molecular formula is C13H14FNO5. The lowest BCUT2D eigenvalue weighted by Gasteiger charge is -2.22. The van der Waals surface area contributed by atoms with Gasteiger partial charge < -0.3 is 9.47 Å². The summed E-state index contributed by atoms with van der Waals surface area (Å²) in [4.78, 5) is 22.0. The van der Waals surface area contributed by atoms with E-state index in [9.17, 15) is 19.3 Å². The maximum Gasteiger partial charge on any atom is 0.341 e. The average Bonchev–Trinajstić information content (AvgIpc) is 2.42. The molecule has 1 saturated heterocycles. The topological polar surface area (TPSA) is 78.7 Å². The summed E-state index contributed by atoms with van der Waals surface area (Å²) in [6.07, 6.45) is 0.748. The summed E-state index contributed by atoms with van der Waals surface area (Å²) in [5.41, 5.74) is -0.691. The number of benzene rings is 1. The van der Waals surface area contributed by atoms with Crippen LogP contribution in [0.3, 0.4) is 0 Å². The van der Waals surface area contributed by atoms with E-state index in [0.717, 1.165) is 12.1 Å². The summed E-state index contributed by atoms with van der Waals surface area (Å²) in [5.74, 6) is -1.66. The molecule has 1 aliphatic heterocycles. The molecular weight excluding hydrogens is 269 g/mol. The van der Waals surface area contributed by atoms with Gasteiger partial charge in [-0.2, -0.15) is 0 Å². The molecule has 0 atom stereocenters. The molecule has 1 aromatic carbocycles. The van der Waals surface area contributed by atoms with Crippen LogP contribution in [0.1, 0.15) is 28.8 Å². The fraction of sp³-hybridized carbons (Fsp3) is 0.462. The fourth-order valence-corrected chi connectivity index (χ4v) is 2.01. The Kier molecular flexibility index (Phi) is 4.29. The minimum atomic E-state index is -0.874. The van der Waals surface area contributed by atoms with E-state index in [1.165, 1.54) is 6.92 Å². The summed E-state index contributed by atoms with van der Waals surface area (Å²) in [5, 5.41) is 10.7. The highest BCUT2D eigenvalue weighted by molar-refractivity contribution is 5.91. The van der Waals surface area contributed by atoms with Crippen molar-refractivity contribution in [3.05, 3.63) is 39.2 Å². The fourth-order valence-electron chi connectivity index (χ4n) is 2.01. The Morgan fingerprint density at radius 1 is 1.45 bits per heavy atom. The van der Waals surface area contributed by atoms with Crippen molar-refractivity contribution in [2.75, 3.05) is 13.2 Å². The number of non-ortho nitro benzene ring substituents is 1. The lowest BCUT2D eigenvalue weighted by Crippen LogP contribution is -2.26. The minimum Gasteiger partial charge on any atom is -0.459 e. The highest BCUT2D eigenvalue weighted by atomic mass is 19.1. The molecule has 0 aromatic heterocycles. The summed E-state index contributed by atoms with van der Waals surface area (Å²) in [6, 6.07) is 1.99. The lowest BCUT2D eigenvalue weighted by molar-refractivity contribution is -0.385. The zero-order valence-corrected chi connectivity index (χ0v) is 10.9. The number of hydrogen-bond acceptors (Lipinski definition) is 5. The Labute approximate surface area is 114 Å². The van der Waals surface area contributed by atoms with E-state index >= 15 is 0 Å². The SMILES string of the molecule is Cc1cc([N+](=O)[O-])cc(C(=O)OC2CCOCC2)c1F. The van der Waals surface area contributed by atoms with Gasteiger partial charge >= 0.3 is 5.97 Å². The van der Waals surface area contributed by atoms with Gasteiger partial charge in [0.15, 0.2) is 0 Å². The second-order valence-electron chi connectivity index (χ2n) is 4.60. The van der Waals surface area contributed by atoms with Crippen LogP contribution >= 0.6 is 0 Å².